The first kappa shape index (κ1) is 17.3. The van der Waals surface area contributed by atoms with Gasteiger partial charge in [0.2, 0.25) is 0 Å². The summed E-state index contributed by atoms with van der Waals surface area (Å²) >= 11 is 0. The first-order chi connectivity index (χ1) is 10.9. The van der Waals surface area contributed by atoms with Gasteiger partial charge < -0.3 is 14.5 Å². The van der Waals surface area contributed by atoms with E-state index in [9.17, 15) is 18.4 Å². The molecule has 0 aromatic heterocycles. The maximum Gasteiger partial charge on any atom is 0.254 e. The van der Waals surface area contributed by atoms with E-state index in [1.807, 2.05) is 6.92 Å². The summed E-state index contributed by atoms with van der Waals surface area (Å²) in [6.45, 7) is 5.47. The molecule has 23 heavy (non-hydrogen) atoms. The fraction of sp³-hybridized carbons (Fsp3) is 0.500. The lowest BCUT2D eigenvalue weighted by atomic mass is 10.1. The van der Waals surface area contributed by atoms with E-state index in [-0.39, 0.29) is 17.4 Å². The molecule has 1 fully saturated rings. The first-order valence-electron chi connectivity index (χ1n) is 7.58. The van der Waals surface area contributed by atoms with Crippen LogP contribution in [0.2, 0.25) is 0 Å². The van der Waals surface area contributed by atoms with Gasteiger partial charge in [-0.2, -0.15) is 0 Å². The van der Waals surface area contributed by atoms with Crippen LogP contribution in [0, 0.1) is 11.6 Å². The summed E-state index contributed by atoms with van der Waals surface area (Å²) in [6, 6.07) is 3.09. The number of hydrogen-bond donors (Lipinski definition) is 0. The Morgan fingerprint density at radius 2 is 1.74 bits per heavy atom. The minimum Gasteiger partial charge on any atom is -0.369 e. The summed E-state index contributed by atoms with van der Waals surface area (Å²) in [4.78, 5) is 27.6. The van der Waals surface area contributed by atoms with Crippen molar-refractivity contribution >= 4 is 11.8 Å². The molecular formula is C16H20F2N2O3. The highest BCUT2D eigenvalue weighted by molar-refractivity contribution is 5.94. The third kappa shape index (κ3) is 4.04. The summed E-state index contributed by atoms with van der Waals surface area (Å²) in [5.41, 5.74) is 0.103. The lowest BCUT2D eigenvalue weighted by Crippen LogP contribution is -2.52. The number of rotatable bonds is 4. The van der Waals surface area contributed by atoms with Crippen molar-refractivity contribution in [3.8, 4) is 0 Å². The van der Waals surface area contributed by atoms with E-state index in [2.05, 4.69) is 0 Å². The number of nitrogens with zero attached hydrogens (tertiary/aromatic N) is 2. The molecule has 1 aromatic rings. The normalized spacial score (nSPS) is 16.3. The van der Waals surface area contributed by atoms with Gasteiger partial charge in [-0.05, 0) is 32.0 Å². The van der Waals surface area contributed by atoms with Crippen molar-refractivity contribution in [1.82, 2.24) is 9.80 Å². The van der Waals surface area contributed by atoms with Crippen LogP contribution < -0.4 is 0 Å². The number of hydrogen-bond acceptors (Lipinski definition) is 3. The SMILES string of the molecule is CCO[C@@H](C)C(=O)N1CCN(C(=O)c2ccc(F)c(F)c2)CC1. The molecule has 5 nitrogen and oxygen atoms in total. The van der Waals surface area contributed by atoms with Crippen molar-refractivity contribution in [3.63, 3.8) is 0 Å². The minimum atomic E-state index is -1.05. The molecule has 2 rings (SSSR count). The molecule has 1 aliphatic rings. The van der Waals surface area contributed by atoms with Crippen LogP contribution in [-0.2, 0) is 9.53 Å². The monoisotopic (exact) mass is 326 g/mol. The number of piperazine rings is 1. The maximum absolute atomic E-state index is 13.2. The Morgan fingerprint density at radius 3 is 2.30 bits per heavy atom. The van der Waals surface area contributed by atoms with E-state index in [0.29, 0.717) is 32.8 Å². The molecule has 126 valence electrons. The van der Waals surface area contributed by atoms with Gasteiger partial charge in [0.1, 0.15) is 6.10 Å². The smallest absolute Gasteiger partial charge is 0.254 e. The molecular weight excluding hydrogens is 306 g/mol. The van der Waals surface area contributed by atoms with E-state index >= 15 is 0 Å². The number of carbonyl (C=O) groups excluding carboxylic acids is 2. The van der Waals surface area contributed by atoms with Gasteiger partial charge in [-0.3, -0.25) is 9.59 Å². The molecule has 1 atom stereocenters. The zero-order valence-corrected chi connectivity index (χ0v) is 13.2. The molecule has 1 aliphatic heterocycles. The Morgan fingerprint density at radius 1 is 1.13 bits per heavy atom. The number of benzene rings is 1. The van der Waals surface area contributed by atoms with Gasteiger partial charge in [-0.1, -0.05) is 0 Å². The van der Waals surface area contributed by atoms with E-state index in [4.69, 9.17) is 4.74 Å². The van der Waals surface area contributed by atoms with Gasteiger partial charge in [0.05, 0.1) is 0 Å². The van der Waals surface area contributed by atoms with Gasteiger partial charge in [-0.25, -0.2) is 8.78 Å². The van der Waals surface area contributed by atoms with E-state index in [1.165, 1.54) is 11.0 Å². The van der Waals surface area contributed by atoms with Crippen molar-refractivity contribution in [1.29, 1.82) is 0 Å². The Balaban J connectivity index is 1.94. The summed E-state index contributed by atoms with van der Waals surface area (Å²) in [7, 11) is 0. The van der Waals surface area contributed by atoms with Gasteiger partial charge in [0.15, 0.2) is 11.6 Å². The second-order valence-corrected chi connectivity index (χ2v) is 5.34. The van der Waals surface area contributed by atoms with Gasteiger partial charge >= 0.3 is 0 Å². The summed E-state index contributed by atoms with van der Waals surface area (Å²) < 4.78 is 31.4. The second-order valence-electron chi connectivity index (χ2n) is 5.34. The number of carbonyl (C=O) groups is 2. The highest BCUT2D eigenvalue weighted by Gasteiger charge is 2.27. The number of amides is 2. The molecule has 2 amide bonds. The molecule has 0 N–H and O–H groups in total. The van der Waals surface area contributed by atoms with Crippen molar-refractivity contribution in [2.24, 2.45) is 0 Å². The Hall–Kier alpha value is -2.02. The minimum absolute atomic E-state index is 0.103. The lowest BCUT2D eigenvalue weighted by Gasteiger charge is -2.35. The predicted octanol–water partition coefficient (Wildman–Crippen LogP) is 1.67. The lowest BCUT2D eigenvalue weighted by molar-refractivity contribution is -0.143. The average molecular weight is 326 g/mol. The van der Waals surface area contributed by atoms with Crippen LogP contribution >= 0.6 is 0 Å². The quantitative estimate of drug-likeness (QED) is 0.846. The van der Waals surface area contributed by atoms with Crippen molar-refractivity contribution in [2.45, 2.75) is 20.0 Å². The second kappa shape index (κ2) is 7.50. The first-order valence-corrected chi connectivity index (χ1v) is 7.58. The van der Waals surface area contributed by atoms with Crippen LogP contribution in [0.25, 0.3) is 0 Å². The number of halogens is 2. The van der Waals surface area contributed by atoms with Crippen molar-refractivity contribution in [2.75, 3.05) is 32.8 Å². The Bertz CT molecular complexity index is 587. The summed E-state index contributed by atoms with van der Waals surface area (Å²) in [6.07, 6.45) is -0.506. The molecule has 0 spiro atoms. The third-order valence-corrected chi connectivity index (χ3v) is 3.81. The van der Waals surface area contributed by atoms with E-state index in [0.717, 1.165) is 12.1 Å². The van der Waals surface area contributed by atoms with Crippen molar-refractivity contribution in [3.05, 3.63) is 35.4 Å². The Kier molecular flexibility index (Phi) is 5.65. The summed E-state index contributed by atoms with van der Waals surface area (Å²) in [5.74, 6) is -2.50. The zero-order valence-electron chi connectivity index (χ0n) is 13.2. The van der Waals surface area contributed by atoms with Crippen LogP contribution in [0.15, 0.2) is 18.2 Å². The van der Waals surface area contributed by atoms with Gasteiger partial charge in [0, 0.05) is 38.3 Å². The molecule has 1 saturated heterocycles. The molecule has 1 heterocycles. The predicted molar refractivity (Wildman–Crippen MR) is 79.9 cm³/mol. The Labute approximate surface area is 133 Å². The maximum atomic E-state index is 13.2. The highest BCUT2D eigenvalue weighted by Crippen LogP contribution is 2.13. The van der Waals surface area contributed by atoms with Gasteiger partial charge in [0.25, 0.3) is 11.8 Å². The zero-order chi connectivity index (χ0) is 17.0. The van der Waals surface area contributed by atoms with Crippen LogP contribution in [0.3, 0.4) is 0 Å². The van der Waals surface area contributed by atoms with Gasteiger partial charge in [-0.15, -0.1) is 0 Å². The molecule has 0 unspecified atom stereocenters. The van der Waals surface area contributed by atoms with Crippen LogP contribution in [-0.4, -0.2) is 60.5 Å². The molecule has 7 heteroatoms. The van der Waals surface area contributed by atoms with E-state index in [1.54, 1.807) is 11.8 Å². The standard InChI is InChI=1S/C16H20F2N2O3/c1-3-23-11(2)15(21)19-6-8-20(9-7-19)16(22)12-4-5-13(17)14(18)10-12/h4-5,10-11H,3,6-9H2,1-2H3/t11-/m0/s1. The fourth-order valence-corrected chi connectivity index (χ4v) is 2.52. The molecule has 0 aliphatic carbocycles. The topological polar surface area (TPSA) is 49.9 Å². The molecule has 0 radical (unpaired) electrons. The van der Waals surface area contributed by atoms with Crippen LogP contribution in [0.4, 0.5) is 8.78 Å². The van der Waals surface area contributed by atoms with E-state index < -0.39 is 17.7 Å². The number of ether oxygens (including phenoxy) is 1. The third-order valence-electron chi connectivity index (χ3n) is 3.81. The largest absolute Gasteiger partial charge is 0.369 e. The average Bonchev–Trinajstić information content (AvgIpc) is 2.56. The highest BCUT2D eigenvalue weighted by atomic mass is 19.2. The summed E-state index contributed by atoms with van der Waals surface area (Å²) in [5, 5.41) is 0. The molecule has 0 bridgehead atoms. The van der Waals surface area contributed by atoms with Crippen LogP contribution in [0.5, 0.6) is 0 Å². The molecule has 1 aromatic carbocycles. The van der Waals surface area contributed by atoms with Crippen molar-refractivity contribution < 1.29 is 23.1 Å². The fourth-order valence-electron chi connectivity index (χ4n) is 2.52. The van der Waals surface area contributed by atoms with Crippen LogP contribution in [0.1, 0.15) is 24.2 Å². The molecule has 0 saturated carbocycles.